The van der Waals surface area contributed by atoms with Crippen molar-refractivity contribution in [1.29, 1.82) is 0 Å². The fourth-order valence-corrected chi connectivity index (χ4v) is 4.83. The summed E-state index contributed by atoms with van der Waals surface area (Å²) in [5.41, 5.74) is 8.28. The molecule has 0 unspecified atom stereocenters. The molecule has 0 saturated carbocycles. The van der Waals surface area contributed by atoms with Gasteiger partial charge in [0.15, 0.2) is 0 Å². The number of anilines is 1. The molecule has 6 heteroatoms. The monoisotopic (exact) mass is 428 g/mol. The molecule has 1 fully saturated rings. The maximum Gasteiger partial charge on any atom is 0.201 e. The van der Waals surface area contributed by atoms with Crippen molar-refractivity contribution < 1.29 is 0 Å². The van der Waals surface area contributed by atoms with Gasteiger partial charge in [-0.2, -0.15) is 0 Å². The number of piperazine rings is 1. The van der Waals surface area contributed by atoms with E-state index in [1.54, 1.807) is 0 Å². The number of nitrogens with two attached hydrogens (primary N) is 1. The van der Waals surface area contributed by atoms with Crippen LogP contribution in [-0.2, 0) is 6.54 Å². The Hall–Kier alpha value is -1.63. The molecule has 6 nitrogen and oxygen atoms in total. The second-order valence-electron chi connectivity index (χ2n) is 10.0. The Kier molecular flexibility index (Phi) is 9.17. The summed E-state index contributed by atoms with van der Waals surface area (Å²) in [6.45, 7) is 21.1. The van der Waals surface area contributed by atoms with Crippen LogP contribution in [0.1, 0.15) is 40.5 Å². The highest BCUT2D eigenvalue weighted by molar-refractivity contribution is 5.78. The Labute approximate surface area is 189 Å². The summed E-state index contributed by atoms with van der Waals surface area (Å²) in [5, 5.41) is 0. The third-order valence-electron chi connectivity index (χ3n) is 6.20. The molecule has 1 aromatic heterocycles. The molecule has 0 aliphatic carbocycles. The van der Waals surface area contributed by atoms with Gasteiger partial charge in [0.2, 0.25) is 5.95 Å². The third kappa shape index (κ3) is 7.48. The minimum atomic E-state index is 0.634. The number of fused-ring (bicyclic) bond motifs is 1. The number of aromatic nitrogens is 2. The summed E-state index contributed by atoms with van der Waals surface area (Å²) in [7, 11) is 0. The molecule has 0 radical (unpaired) electrons. The minimum absolute atomic E-state index is 0.634. The average molecular weight is 429 g/mol. The zero-order chi connectivity index (χ0) is 22.2. The van der Waals surface area contributed by atoms with Gasteiger partial charge in [-0.05, 0) is 56.4 Å². The summed E-state index contributed by atoms with van der Waals surface area (Å²) in [4.78, 5) is 12.4. The minimum Gasteiger partial charge on any atom is -0.369 e. The van der Waals surface area contributed by atoms with Gasteiger partial charge in [0, 0.05) is 45.8 Å². The van der Waals surface area contributed by atoms with E-state index in [1.807, 2.05) is 12.1 Å². The highest BCUT2D eigenvalue weighted by Crippen LogP contribution is 2.18. The van der Waals surface area contributed by atoms with Gasteiger partial charge in [0.05, 0.1) is 11.0 Å². The van der Waals surface area contributed by atoms with Crippen molar-refractivity contribution in [3.8, 4) is 0 Å². The number of imidazole rings is 1. The Morgan fingerprint density at radius 2 is 1.45 bits per heavy atom. The molecule has 0 spiro atoms. The first-order valence-corrected chi connectivity index (χ1v) is 12.3. The second kappa shape index (κ2) is 11.8. The van der Waals surface area contributed by atoms with E-state index in [0.29, 0.717) is 5.95 Å². The van der Waals surface area contributed by atoms with E-state index in [9.17, 15) is 0 Å². The van der Waals surface area contributed by atoms with Gasteiger partial charge in [-0.25, -0.2) is 4.98 Å². The van der Waals surface area contributed by atoms with Crippen LogP contribution in [0.3, 0.4) is 0 Å². The largest absolute Gasteiger partial charge is 0.369 e. The summed E-state index contributed by atoms with van der Waals surface area (Å²) in [6, 6.07) is 8.22. The molecule has 174 valence electrons. The van der Waals surface area contributed by atoms with E-state index >= 15 is 0 Å². The van der Waals surface area contributed by atoms with Crippen LogP contribution in [0.5, 0.6) is 0 Å². The maximum atomic E-state index is 6.14. The first-order valence-electron chi connectivity index (χ1n) is 12.3. The van der Waals surface area contributed by atoms with Crippen molar-refractivity contribution in [2.45, 2.75) is 47.1 Å². The Morgan fingerprint density at radius 3 is 2.06 bits per heavy atom. The second-order valence-corrected chi connectivity index (χ2v) is 10.0. The number of hydrogen-bond donors (Lipinski definition) is 1. The van der Waals surface area contributed by atoms with Gasteiger partial charge in [0.25, 0.3) is 0 Å². The molecule has 31 heavy (non-hydrogen) atoms. The first-order chi connectivity index (χ1) is 14.9. The highest BCUT2D eigenvalue weighted by atomic mass is 15.3. The number of hydrogen-bond acceptors (Lipinski definition) is 5. The predicted octanol–water partition coefficient (Wildman–Crippen LogP) is 3.63. The Bertz CT molecular complexity index is 765. The molecule has 0 amide bonds. The first kappa shape index (κ1) is 24.0. The quantitative estimate of drug-likeness (QED) is 0.559. The molecule has 0 atom stereocenters. The molecule has 1 aliphatic rings. The van der Waals surface area contributed by atoms with Crippen molar-refractivity contribution in [3.63, 3.8) is 0 Å². The van der Waals surface area contributed by atoms with Crippen LogP contribution in [0.2, 0.25) is 0 Å². The maximum absolute atomic E-state index is 6.14. The summed E-state index contributed by atoms with van der Waals surface area (Å²) in [5.74, 6) is 2.13. The van der Waals surface area contributed by atoms with Crippen LogP contribution in [0, 0.1) is 11.8 Å². The van der Waals surface area contributed by atoms with E-state index in [1.165, 1.54) is 58.8 Å². The molecule has 2 N–H and O–H groups in total. The van der Waals surface area contributed by atoms with Crippen LogP contribution in [-0.4, -0.2) is 83.2 Å². The number of rotatable bonds is 12. The van der Waals surface area contributed by atoms with E-state index in [2.05, 4.69) is 64.1 Å². The molecule has 1 saturated heterocycles. The van der Waals surface area contributed by atoms with Crippen LogP contribution in [0.25, 0.3) is 11.0 Å². The number of aryl methyl sites for hydroxylation is 1. The predicted molar refractivity (Wildman–Crippen MR) is 132 cm³/mol. The molecule has 3 rings (SSSR count). The van der Waals surface area contributed by atoms with Gasteiger partial charge >= 0.3 is 0 Å². The van der Waals surface area contributed by atoms with Crippen LogP contribution >= 0.6 is 0 Å². The summed E-state index contributed by atoms with van der Waals surface area (Å²) in [6.07, 6.45) is 2.40. The van der Waals surface area contributed by atoms with Gasteiger partial charge in [0.1, 0.15) is 0 Å². The molecular weight excluding hydrogens is 384 g/mol. The number of para-hydroxylation sites is 2. The number of nitrogen functional groups attached to an aromatic ring is 1. The Morgan fingerprint density at radius 1 is 0.871 bits per heavy atom. The standard InChI is InChI=1S/C25H44N6/c1-21(2)19-30(20-22(3)4)13-7-11-28-15-17-29(18-16-28)12-8-14-31-24-10-6-5-9-23(24)27-25(31)26/h5-6,9-10,21-22H,7-8,11-20H2,1-4H3,(H2,26,27). The lowest BCUT2D eigenvalue weighted by molar-refractivity contribution is 0.122. The zero-order valence-electron chi connectivity index (χ0n) is 20.3. The molecule has 2 heterocycles. The van der Waals surface area contributed by atoms with E-state index in [-0.39, 0.29) is 0 Å². The highest BCUT2D eigenvalue weighted by Gasteiger charge is 2.17. The Balaban J connectivity index is 1.33. The number of nitrogens with zero attached hydrogens (tertiary/aromatic N) is 5. The van der Waals surface area contributed by atoms with Crippen LogP contribution in [0.4, 0.5) is 5.95 Å². The zero-order valence-corrected chi connectivity index (χ0v) is 20.3. The van der Waals surface area contributed by atoms with Crippen LogP contribution < -0.4 is 5.73 Å². The van der Waals surface area contributed by atoms with Gasteiger partial charge in [-0.3, -0.25) is 0 Å². The van der Waals surface area contributed by atoms with Gasteiger partial charge < -0.3 is 25.0 Å². The van der Waals surface area contributed by atoms with Crippen molar-refractivity contribution in [2.24, 2.45) is 11.8 Å². The summed E-state index contributed by atoms with van der Waals surface area (Å²) < 4.78 is 2.16. The number of benzene rings is 1. The van der Waals surface area contributed by atoms with Crippen LogP contribution in [0.15, 0.2) is 24.3 Å². The van der Waals surface area contributed by atoms with E-state index in [4.69, 9.17) is 5.73 Å². The lowest BCUT2D eigenvalue weighted by Gasteiger charge is -2.35. The molecule has 0 bridgehead atoms. The lowest BCUT2D eigenvalue weighted by atomic mass is 10.1. The van der Waals surface area contributed by atoms with Crippen molar-refractivity contribution in [1.82, 2.24) is 24.3 Å². The van der Waals surface area contributed by atoms with Gasteiger partial charge in [-0.1, -0.05) is 39.8 Å². The lowest BCUT2D eigenvalue weighted by Crippen LogP contribution is -2.47. The molecule has 2 aromatic rings. The smallest absolute Gasteiger partial charge is 0.201 e. The normalized spacial score (nSPS) is 16.4. The average Bonchev–Trinajstić information content (AvgIpc) is 3.03. The SMILES string of the molecule is CC(C)CN(CCCN1CCN(CCCn2c(N)nc3ccccc32)CC1)CC(C)C. The molecular formula is C25H44N6. The fourth-order valence-electron chi connectivity index (χ4n) is 4.83. The van der Waals surface area contributed by atoms with Gasteiger partial charge in [-0.15, -0.1) is 0 Å². The molecule has 1 aromatic carbocycles. The third-order valence-corrected chi connectivity index (χ3v) is 6.20. The van der Waals surface area contributed by atoms with Crippen molar-refractivity contribution in [3.05, 3.63) is 24.3 Å². The van der Waals surface area contributed by atoms with E-state index in [0.717, 1.165) is 42.4 Å². The van der Waals surface area contributed by atoms with E-state index < -0.39 is 0 Å². The topological polar surface area (TPSA) is 53.6 Å². The molecule has 1 aliphatic heterocycles. The van der Waals surface area contributed by atoms with Crippen molar-refractivity contribution in [2.75, 3.05) is 64.6 Å². The summed E-state index contributed by atoms with van der Waals surface area (Å²) >= 11 is 0. The van der Waals surface area contributed by atoms with Crippen molar-refractivity contribution >= 4 is 17.0 Å². The fraction of sp³-hybridized carbons (Fsp3) is 0.720.